The number of rotatable bonds is 11. The smallest absolute Gasteiger partial charge is 0.258 e. The molecule has 2 aromatic carbocycles. The molecule has 1 fully saturated rings. The van der Waals surface area contributed by atoms with Gasteiger partial charge in [0.05, 0.1) is 12.6 Å². The molecule has 8 heteroatoms. The van der Waals surface area contributed by atoms with E-state index in [1.165, 1.54) is 0 Å². The molecule has 1 amide bonds. The quantitative estimate of drug-likeness (QED) is 0.195. The highest BCUT2D eigenvalue weighted by molar-refractivity contribution is 14.0. The van der Waals surface area contributed by atoms with E-state index in [4.69, 9.17) is 4.74 Å². The molecule has 4 N–H and O–H groups in total. The van der Waals surface area contributed by atoms with E-state index in [0.29, 0.717) is 37.3 Å². The van der Waals surface area contributed by atoms with Crippen molar-refractivity contribution in [1.82, 2.24) is 16.0 Å². The summed E-state index contributed by atoms with van der Waals surface area (Å²) in [7, 11) is 0. The van der Waals surface area contributed by atoms with E-state index in [1.54, 1.807) is 0 Å². The topological polar surface area (TPSA) is 95.0 Å². The van der Waals surface area contributed by atoms with E-state index in [2.05, 4.69) is 20.9 Å². The second-order valence-corrected chi connectivity index (χ2v) is 7.61. The number of aliphatic imine (C=N–C) groups is 1. The Kier molecular flexibility index (Phi) is 11.3. The van der Waals surface area contributed by atoms with Gasteiger partial charge in [0.2, 0.25) is 0 Å². The Morgan fingerprint density at radius 3 is 2.66 bits per heavy atom. The lowest BCUT2D eigenvalue weighted by Crippen LogP contribution is -2.38. The molecule has 0 heterocycles. The molecule has 7 nitrogen and oxygen atoms in total. The number of ether oxygens (including phenoxy) is 1. The molecular weight excluding hydrogens is 519 g/mol. The average molecular weight is 552 g/mol. The predicted molar refractivity (Wildman–Crippen MR) is 137 cm³/mol. The third-order valence-corrected chi connectivity index (χ3v) is 4.87. The molecule has 174 valence electrons. The van der Waals surface area contributed by atoms with E-state index in [-0.39, 0.29) is 36.5 Å². The minimum atomic E-state index is -0.512. The summed E-state index contributed by atoms with van der Waals surface area (Å²) in [5, 5.41) is 19.7. The fourth-order valence-electron chi connectivity index (χ4n) is 3.06. The van der Waals surface area contributed by atoms with Crippen molar-refractivity contribution >= 4 is 35.8 Å². The van der Waals surface area contributed by atoms with E-state index in [0.717, 1.165) is 30.5 Å². The van der Waals surface area contributed by atoms with Crippen LogP contribution in [0.15, 0.2) is 59.6 Å². The molecule has 0 spiro atoms. The highest BCUT2D eigenvalue weighted by Gasteiger charge is 2.23. The Bertz CT molecular complexity index is 859. The zero-order valence-corrected chi connectivity index (χ0v) is 20.8. The average Bonchev–Trinajstić information content (AvgIpc) is 3.61. The first-order valence-corrected chi connectivity index (χ1v) is 10.9. The summed E-state index contributed by atoms with van der Waals surface area (Å²) in [6, 6.07) is 17.6. The second-order valence-electron chi connectivity index (χ2n) is 7.61. The molecule has 0 aliphatic heterocycles. The van der Waals surface area contributed by atoms with Gasteiger partial charge in [0.25, 0.3) is 5.91 Å². The number of carbonyl (C=O) groups excluding carboxylic acids is 1. The number of amides is 1. The minimum absolute atomic E-state index is 0. The van der Waals surface area contributed by atoms with Crippen molar-refractivity contribution < 1.29 is 14.6 Å². The van der Waals surface area contributed by atoms with Crippen molar-refractivity contribution in [1.29, 1.82) is 0 Å². The zero-order chi connectivity index (χ0) is 21.9. The van der Waals surface area contributed by atoms with Crippen LogP contribution < -0.4 is 20.7 Å². The SMILES string of the molecule is CCNC(=NCc1cccc(OCC(=O)NC2CC2)c1)NCCC(O)c1ccccc1.I. The first-order valence-electron chi connectivity index (χ1n) is 10.9. The molecule has 3 rings (SSSR count). The lowest BCUT2D eigenvalue weighted by molar-refractivity contribution is -0.123. The van der Waals surface area contributed by atoms with Crippen LogP contribution >= 0.6 is 24.0 Å². The van der Waals surface area contributed by atoms with Crippen LogP contribution in [0.2, 0.25) is 0 Å². The number of guanidine groups is 1. The van der Waals surface area contributed by atoms with Crippen molar-refractivity contribution in [3.63, 3.8) is 0 Å². The van der Waals surface area contributed by atoms with Gasteiger partial charge in [-0.15, -0.1) is 24.0 Å². The lowest BCUT2D eigenvalue weighted by atomic mass is 10.1. The van der Waals surface area contributed by atoms with Crippen molar-refractivity contribution in [3.05, 3.63) is 65.7 Å². The van der Waals surface area contributed by atoms with Crippen LogP contribution in [-0.2, 0) is 11.3 Å². The van der Waals surface area contributed by atoms with Crippen molar-refractivity contribution in [2.45, 2.75) is 44.9 Å². The number of hydrogen-bond acceptors (Lipinski definition) is 4. The van der Waals surface area contributed by atoms with Gasteiger partial charge in [0.15, 0.2) is 12.6 Å². The third-order valence-electron chi connectivity index (χ3n) is 4.87. The summed E-state index contributed by atoms with van der Waals surface area (Å²) in [6.45, 7) is 3.85. The van der Waals surface area contributed by atoms with Gasteiger partial charge < -0.3 is 25.8 Å². The molecule has 0 radical (unpaired) electrons. The first-order chi connectivity index (χ1) is 15.1. The maximum atomic E-state index is 11.8. The summed E-state index contributed by atoms with van der Waals surface area (Å²) in [5.41, 5.74) is 1.90. The number of aliphatic hydroxyl groups is 1. The Balaban J connectivity index is 0.00000363. The van der Waals surface area contributed by atoms with Crippen LogP contribution in [0.3, 0.4) is 0 Å². The van der Waals surface area contributed by atoms with Gasteiger partial charge >= 0.3 is 0 Å². The van der Waals surface area contributed by atoms with E-state index >= 15 is 0 Å². The van der Waals surface area contributed by atoms with E-state index < -0.39 is 6.10 Å². The third kappa shape index (κ3) is 9.44. The normalized spacial score (nSPS) is 14.1. The van der Waals surface area contributed by atoms with Crippen LogP contribution in [-0.4, -0.2) is 42.7 Å². The van der Waals surface area contributed by atoms with Gasteiger partial charge in [-0.3, -0.25) is 4.79 Å². The largest absolute Gasteiger partial charge is 0.484 e. The van der Waals surface area contributed by atoms with Crippen LogP contribution in [0.25, 0.3) is 0 Å². The molecule has 1 aliphatic rings. The molecule has 1 atom stereocenters. The fraction of sp³-hybridized carbons (Fsp3) is 0.417. The highest BCUT2D eigenvalue weighted by atomic mass is 127. The fourth-order valence-corrected chi connectivity index (χ4v) is 3.06. The molecule has 0 saturated heterocycles. The number of aliphatic hydroxyl groups excluding tert-OH is 1. The number of halogens is 1. The first kappa shape index (κ1) is 25.9. The summed E-state index contributed by atoms with van der Waals surface area (Å²) in [4.78, 5) is 16.4. The van der Waals surface area contributed by atoms with Gasteiger partial charge in [-0.1, -0.05) is 42.5 Å². The number of nitrogens with one attached hydrogen (secondary N) is 3. The van der Waals surface area contributed by atoms with Crippen molar-refractivity contribution in [2.75, 3.05) is 19.7 Å². The van der Waals surface area contributed by atoms with E-state index in [1.807, 2.05) is 61.5 Å². The number of nitrogens with zero attached hydrogens (tertiary/aromatic N) is 1. The summed E-state index contributed by atoms with van der Waals surface area (Å²) in [6.07, 6.45) is 2.20. The molecule has 0 bridgehead atoms. The second kappa shape index (κ2) is 13.9. The van der Waals surface area contributed by atoms with Crippen LogP contribution in [0.4, 0.5) is 0 Å². The predicted octanol–water partition coefficient (Wildman–Crippen LogP) is 3.14. The van der Waals surface area contributed by atoms with Crippen LogP contribution in [0, 0.1) is 0 Å². The molecule has 1 aliphatic carbocycles. The Labute approximate surface area is 207 Å². The van der Waals surface area contributed by atoms with Crippen molar-refractivity contribution in [2.24, 2.45) is 4.99 Å². The lowest BCUT2D eigenvalue weighted by Gasteiger charge is -2.14. The monoisotopic (exact) mass is 552 g/mol. The number of benzene rings is 2. The van der Waals surface area contributed by atoms with Gasteiger partial charge in [0.1, 0.15) is 5.75 Å². The summed E-state index contributed by atoms with van der Waals surface area (Å²) in [5.74, 6) is 1.27. The maximum Gasteiger partial charge on any atom is 0.258 e. The van der Waals surface area contributed by atoms with Crippen LogP contribution in [0.1, 0.15) is 43.4 Å². The number of carbonyl (C=O) groups is 1. The number of hydrogen-bond donors (Lipinski definition) is 4. The molecular formula is C24H33IN4O3. The van der Waals surface area contributed by atoms with E-state index in [9.17, 15) is 9.90 Å². The molecule has 2 aromatic rings. The Hall–Kier alpha value is -2.33. The Morgan fingerprint density at radius 1 is 1.16 bits per heavy atom. The van der Waals surface area contributed by atoms with Gasteiger partial charge in [-0.05, 0) is 49.4 Å². The van der Waals surface area contributed by atoms with Gasteiger partial charge in [-0.25, -0.2) is 4.99 Å². The van der Waals surface area contributed by atoms with Gasteiger partial charge in [0, 0.05) is 19.1 Å². The minimum Gasteiger partial charge on any atom is -0.484 e. The Morgan fingerprint density at radius 2 is 1.94 bits per heavy atom. The summed E-state index contributed by atoms with van der Waals surface area (Å²) < 4.78 is 5.61. The zero-order valence-electron chi connectivity index (χ0n) is 18.4. The molecule has 32 heavy (non-hydrogen) atoms. The molecule has 1 unspecified atom stereocenters. The van der Waals surface area contributed by atoms with Crippen molar-refractivity contribution in [3.8, 4) is 5.75 Å². The molecule has 1 saturated carbocycles. The highest BCUT2D eigenvalue weighted by Crippen LogP contribution is 2.19. The molecule has 0 aromatic heterocycles. The van der Waals surface area contributed by atoms with Gasteiger partial charge in [-0.2, -0.15) is 0 Å². The van der Waals surface area contributed by atoms with Crippen LogP contribution in [0.5, 0.6) is 5.75 Å². The summed E-state index contributed by atoms with van der Waals surface area (Å²) >= 11 is 0. The standard InChI is InChI=1S/C24H32N4O3.HI/c1-2-25-24(26-14-13-22(29)19-8-4-3-5-9-19)27-16-18-7-6-10-21(15-18)31-17-23(30)28-20-11-12-20;/h3-10,15,20,22,29H,2,11-14,16-17H2,1H3,(H,28,30)(H2,25,26,27);1H. The maximum absolute atomic E-state index is 11.8.